The Morgan fingerprint density at radius 1 is 1.12 bits per heavy atom. The fourth-order valence-corrected chi connectivity index (χ4v) is 1.94. The summed E-state index contributed by atoms with van der Waals surface area (Å²) in [6, 6.07) is 4.05. The van der Waals surface area contributed by atoms with Crippen LogP contribution in [0, 0.1) is 11.7 Å². The third-order valence-electron chi connectivity index (χ3n) is 3.33. The molecule has 6 nitrogen and oxygen atoms in total. The molecule has 1 aromatic rings. The van der Waals surface area contributed by atoms with Gasteiger partial charge in [-0.05, 0) is 44.0 Å². The van der Waals surface area contributed by atoms with Crippen molar-refractivity contribution >= 4 is 17.8 Å². The fraction of sp³-hybridized carbons (Fsp3) is 0.471. The molecule has 2 N–H and O–H groups in total. The van der Waals surface area contributed by atoms with Gasteiger partial charge in [0.2, 0.25) is 0 Å². The molecule has 0 saturated heterocycles. The lowest BCUT2D eigenvalue weighted by Gasteiger charge is -2.23. The minimum absolute atomic E-state index is 0.228. The summed E-state index contributed by atoms with van der Waals surface area (Å²) in [7, 11) is 0. The lowest BCUT2D eigenvalue weighted by molar-refractivity contribution is -0.157. The van der Waals surface area contributed by atoms with Crippen molar-refractivity contribution < 1.29 is 23.5 Å². The number of rotatable bonds is 7. The molecule has 1 rings (SSSR count). The summed E-state index contributed by atoms with van der Waals surface area (Å²) in [5.41, 5.74) is 0.228. The number of halogens is 1. The molecule has 7 heteroatoms. The summed E-state index contributed by atoms with van der Waals surface area (Å²) in [5.74, 6) is -2.32. The van der Waals surface area contributed by atoms with Gasteiger partial charge in [0.05, 0.1) is 0 Å². The maximum Gasteiger partial charge on any atom is 0.329 e. The van der Waals surface area contributed by atoms with Gasteiger partial charge in [-0.1, -0.05) is 13.8 Å². The minimum Gasteiger partial charge on any atom is -0.451 e. The average Bonchev–Trinajstić information content (AvgIpc) is 2.52. The number of esters is 1. The second-order valence-corrected chi connectivity index (χ2v) is 5.68. The Morgan fingerprint density at radius 2 is 1.71 bits per heavy atom. The Balaban J connectivity index is 2.75. The summed E-state index contributed by atoms with van der Waals surface area (Å²) < 4.78 is 18.0. The van der Waals surface area contributed by atoms with Crippen LogP contribution in [0.3, 0.4) is 0 Å². The number of carbonyl (C=O) groups excluding carboxylic acids is 3. The van der Waals surface area contributed by atoms with E-state index in [1.165, 1.54) is 19.1 Å². The third-order valence-corrected chi connectivity index (χ3v) is 3.33. The van der Waals surface area contributed by atoms with Crippen molar-refractivity contribution in [3.05, 3.63) is 35.6 Å². The van der Waals surface area contributed by atoms with Crippen LogP contribution in [0.25, 0.3) is 0 Å². The van der Waals surface area contributed by atoms with Gasteiger partial charge in [-0.25, -0.2) is 9.18 Å². The summed E-state index contributed by atoms with van der Waals surface area (Å²) in [6.45, 7) is 7.13. The molecular formula is C17H23FN2O4. The highest BCUT2D eigenvalue weighted by atomic mass is 19.1. The zero-order valence-electron chi connectivity index (χ0n) is 14.3. The molecular weight excluding hydrogens is 315 g/mol. The highest BCUT2D eigenvalue weighted by molar-refractivity contribution is 5.97. The van der Waals surface area contributed by atoms with Gasteiger partial charge in [0.15, 0.2) is 6.10 Å². The number of hydrogen-bond acceptors (Lipinski definition) is 4. The van der Waals surface area contributed by atoms with Crippen molar-refractivity contribution in [2.24, 2.45) is 5.92 Å². The van der Waals surface area contributed by atoms with Crippen LogP contribution in [0.5, 0.6) is 0 Å². The summed E-state index contributed by atoms with van der Waals surface area (Å²) in [6.07, 6.45) is -0.957. The largest absolute Gasteiger partial charge is 0.451 e. The van der Waals surface area contributed by atoms with Crippen molar-refractivity contribution in [2.45, 2.75) is 39.8 Å². The SMILES string of the molecule is CCNC(=O)[C@@H](C)OC(=O)[C@@H](NC(=O)c1ccc(F)cc1)C(C)C. The molecule has 0 spiro atoms. The molecule has 0 aliphatic heterocycles. The molecule has 2 atom stereocenters. The van der Waals surface area contributed by atoms with Crippen LogP contribution in [0.1, 0.15) is 38.1 Å². The summed E-state index contributed by atoms with van der Waals surface area (Å²) in [5, 5.41) is 5.11. The smallest absolute Gasteiger partial charge is 0.329 e. The molecule has 0 aliphatic carbocycles. The predicted molar refractivity (Wildman–Crippen MR) is 86.7 cm³/mol. The number of ether oxygens (including phenoxy) is 1. The van der Waals surface area contributed by atoms with E-state index < -0.39 is 35.7 Å². The minimum atomic E-state index is -0.957. The van der Waals surface area contributed by atoms with Crippen LogP contribution < -0.4 is 10.6 Å². The van der Waals surface area contributed by atoms with Gasteiger partial charge < -0.3 is 15.4 Å². The first-order chi connectivity index (χ1) is 11.3. The first kappa shape index (κ1) is 19.6. The van der Waals surface area contributed by atoms with Crippen molar-refractivity contribution in [3.8, 4) is 0 Å². The number of nitrogens with one attached hydrogen (secondary N) is 2. The Labute approximate surface area is 140 Å². The van der Waals surface area contributed by atoms with Crippen LogP contribution >= 0.6 is 0 Å². The van der Waals surface area contributed by atoms with E-state index in [9.17, 15) is 18.8 Å². The van der Waals surface area contributed by atoms with Gasteiger partial charge in [-0.15, -0.1) is 0 Å². The van der Waals surface area contributed by atoms with Gasteiger partial charge >= 0.3 is 5.97 Å². The molecule has 0 bridgehead atoms. The predicted octanol–water partition coefficient (Wildman–Crippen LogP) is 1.65. The lowest BCUT2D eigenvalue weighted by atomic mass is 10.0. The van der Waals surface area contributed by atoms with Crippen LogP contribution in [-0.4, -0.2) is 36.5 Å². The Hall–Kier alpha value is -2.44. The molecule has 0 aromatic heterocycles. The third kappa shape index (κ3) is 5.64. The fourth-order valence-electron chi connectivity index (χ4n) is 1.94. The molecule has 0 fully saturated rings. The lowest BCUT2D eigenvalue weighted by Crippen LogP contribution is -2.47. The molecule has 0 unspecified atom stereocenters. The quantitative estimate of drug-likeness (QED) is 0.741. The van der Waals surface area contributed by atoms with Crippen LogP contribution in [0.4, 0.5) is 4.39 Å². The topological polar surface area (TPSA) is 84.5 Å². The van der Waals surface area contributed by atoms with Crippen molar-refractivity contribution in [2.75, 3.05) is 6.54 Å². The van der Waals surface area contributed by atoms with E-state index in [1.54, 1.807) is 20.8 Å². The molecule has 24 heavy (non-hydrogen) atoms. The standard InChI is InChI=1S/C17H23FN2O4/c1-5-19-15(21)11(4)24-17(23)14(10(2)3)20-16(22)12-6-8-13(18)9-7-12/h6-11,14H,5H2,1-4H3,(H,19,21)(H,20,22)/t11-,14+/m1/s1. The Bertz CT molecular complexity index is 587. The highest BCUT2D eigenvalue weighted by Gasteiger charge is 2.29. The molecule has 0 aliphatic rings. The highest BCUT2D eigenvalue weighted by Crippen LogP contribution is 2.09. The first-order valence-corrected chi connectivity index (χ1v) is 7.80. The van der Waals surface area contributed by atoms with Crippen LogP contribution in [-0.2, 0) is 14.3 Å². The van der Waals surface area contributed by atoms with Gasteiger partial charge in [-0.3, -0.25) is 9.59 Å². The molecule has 0 heterocycles. The van der Waals surface area contributed by atoms with Gasteiger partial charge in [0.25, 0.3) is 11.8 Å². The Kier molecular flexibility index (Phi) is 7.35. The normalized spacial score (nSPS) is 13.1. The van der Waals surface area contributed by atoms with E-state index in [0.29, 0.717) is 6.54 Å². The van der Waals surface area contributed by atoms with Gasteiger partial charge in [-0.2, -0.15) is 0 Å². The second kappa shape index (κ2) is 9.00. The van der Waals surface area contributed by atoms with Crippen molar-refractivity contribution in [1.82, 2.24) is 10.6 Å². The molecule has 132 valence electrons. The second-order valence-electron chi connectivity index (χ2n) is 5.68. The number of benzene rings is 1. The molecule has 0 radical (unpaired) electrons. The maximum atomic E-state index is 12.9. The summed E-state index contributed by atoms with van der Waals surface area (Å²) in [4.78, 5) is 36.1. The Morgan fingerprint density at radius 3 is 2.21 bits per heavy atom. The molecule has 2 amide bonds. The maximum absolute atomic E-state index is 12.9. The molecule has 0 saturated carbocycles. The van der Waals surface area contributed by atoms with Crippen molar-refractivity contribution in [1.29, 1.82) is 0 Å². The van der Waals surface area contributed by atoms with E-state index in [1.807, 2.05) is 0 Å². The van der Waals surface area contributed by atoms with Gasteiger partial charge in [0.1, 0.15) is 11.9 Å². The first-order valence-electron chi connectivity index (χ1n) is 7.80. The van der Waals surface area contributed by atoms with Crippen LogP contribution in [0.15, 0.2) is 24.3 Å². The zero-order chi connectivity index (χ0) is 18.3. The monoisotopic (exact) mass is 338 g/mol. The number of hydrogen-bond donors (Lipinski definition) is 2. The van der Waals surface area contributed by atoms with E-state index >= 15 is 0 Å². The van der Waals surface area contributed by atoms with Gasteiger partial charge in [0, 0.05) is 12.1 Å². The molecule has 1 aromatic carbocycles. The van der Waals surface area contributed by atoms with E-state index in [0.717, 1.165) is 12.1 Å². The number of amides is 2. The van der Waals surface area contributed by atoms with E-state index in [2.05, 4.69) is 10.6 Å². The average molecular weight is 338 g/mol. The number of likely N-dealkylation sites (N-methyl/N-ethyl adjacent to an activating group) is 1. The zero-order valence-corrected chi connectivity index (χ0v) is 14.3. The van der Waals surface area contributed by atoms with E-state index in [-0.39, 0.29) is 11.5 Å². The number of carbonyl (C=O) groups is 3. The van der Waals surface area contributed by atoms with Crippen LogP contribution in [0.2, 0.25) is 0 Å². The van der Waals surface area contributed by atoms with Crippen molar-refractivity contribution in [3.63, 3.8) is 0 Å². The summed E-state index contributed by atoms with van der Waals surface area (Å²) >= 11 is 0. The van der Waals surface area contributed by atoms with E-state index in [4.69, 9.17) is 4.74 Å².